The topological polar surface area (TPSA) is 37.3 Å². The molecular formula is C13H16O2. The number of rotatable bonds is 2. The van der Waals surface area contributed by atoms with Crippen LogP contribution in [0.3, 0.4) is 0 Å². The van der Waals surface area contributed by atoms with Crippen LogP contribution in [0.25, 0.3) is 6.08 Å². The van der Waals surface area contributed by atoms with E-state index in [9.17, 15) is 4.79 Å². The quantitative estimate of drug-likeness (QED) is 0.802. The van der Waals surface area contributed by atoms with E-state index in [1.807, 2.05) is 6.07 Å². The van der Waals surface area contributed by atoms with Gasteiger partial charge >= 0.3 is 5.97 Å². The van der Waals surface area contributed by atoms with E-state index in [4.69, 9.17) is 5.11 Å². The van der Waals surface area contributed by atoms with Crippen LogP contribution in [0.2, 0.25) is 0 Å². The van der Waals surface area contributed by atoms with Gasteiger partial charge in [0.2, 0.25) is 0 Å². The van der Waals surface area contributed by atoms with Gasteiger partial charge in [0.25, 0.3) is 0 Å². The summed E-state index contributed by atoms with van der Waals surface area (Å²) in [6.07, 6.45) is 1.70. The van der Waals surface area contributed by atoms with Gasteiger partial charge in [0.1, 0.15) is 0 Å². The van der Waals surface area contributed by atoms with E-state index in [2.05, 4.69) is 27.4 Å². The molecule has 1 aromatic carbocycles. The molecule has 0 saturated carbocycles. The van der Waals surface area contributed by atoms with Crippen molar-refractivity contribution in [2.24, 2.45) is 0 Å². The molecule has 15 heavy (non-hydrogen) atoms. The normalized spacial score (nSPS) is 11.1. The lowest BCUT2D eigenvalue weighted by molar-refractivity contribution is 0.0697. The zero-order valence-corrected chi connectivity index (χ0v) is 9.37. The molecule has 2 nitrogen and oxygen atoms in total. The molecule has 0 atom stereocenters. The number of hydrogen-bond donors (Lipinski definition) is 1. The van der Waals surface area contributed by atoms with Gasteiger partial charge in [-0.1, -0.05) is 39.5 Å². The standard InChI is InChI=1S/C13H16O2/c1-5-9-8-10(12(14)15)6-7-11(9)13(2,3)4/h5-8H,1H2,2-4H3,(H,14,15). The molecule has 0 aliphatic rings. The number of carbonyl (C=O) groups is 1. The Balaban J connectivity index is 3.33. The first-order chi connectivity index (χ1) is 6.86. The number of carboxylic acid groups (broad SMARTS) is 1. The predicted molar refractivity (Wildman–Crippen MR) is 62.2 cm³/mol. The molecule has 1 aromatic rings. The van der Waals surface area contributed by atoms with Crippen molar-refractivity contribution in [3.8, 4) is 0 Å². The van der Waals surface area contributed by atoms with Crippen molar-refractivity contribution < 1.29 is 9.90 Å². The van der Waals surface area contributed by atoms with Crippen molar-refractivity contribution in [3.05, 3.63) is 41.5 Å². The summed E-state index contributed by atoms with van der Waals surface area (Å²) in [7, 11) is 0. The first-order valence-electron chi connectivity index (χ1n) is 4.86. The largest absolute Gasteiger partial charge is 0.478 e. The SMILES string of the molecule is C=Cc1cc(C(=O)O)ccc1C(C)(C)C. The average molecular weight is 204 g/mol. The monoisotopic (exact) mass is 204 g/mol. The number of benzene rings is 1. The van der Waals surface area contributed by atoms with Crippen molar-refractivity contribution in [3.63, 3.8) is 0 Å². The van der Waals surface area contributed by atoms with E-state index in [0.29, 0.717) is 5.56 Å². The van der Waals surface area contributed by atoms with E-state index in [1.54, 1.807) is 18.2 Å². The fraction of sp³-hybridized carbons (Fsp3) is 0.308. The van der Waals surface area contributed by atoms with Crippen LogP contribution in [0, 0.1) is 0 Å². The third-order valence-electron chi connectivity index (χ3n) is 2.33. The van der Waals surface area contributed by atoms with Crippen molar-refractivity contribution in [2.45, 2.75) is 26.2 Å². The fourth-order valence-corrected chi connectivity index (χ4v) is 1.55. The van der Waals surface area contributed by atoms with Gasteiger partial charge in [-0.15, -0.1) is 0 Å². The Morgan fingerprint density at radius 3 is 2.40 bits per heavy atom. The van der Waals surface area contributed by atoms with Crippen LogP contribution < -0.4 is 0 Å². The minimum Gasteiger partial charge on any atom is -0.478 e. The van der Waals surface area contributed by atoms with Gasteiger partial charge in [0, 0.05) is 0 Å². The number of carboxylic acids is 1. The Morgan fingerprint density at radius 1 is 1.40 bits per heavy atom. The molecule has 2 heteroatoms. The Labute approximate surface area is 90.3 Å². The van der Waals surface area contributed by atoms with Crippen LogP contribution in [0.15, 0.2) is 24.8 Å². The fourth-order valence-electron chi connectivity index (χ4n) is 1.55. The van der Waals surface area contributed by atoms with Crippen LogP contribution in [0.5, 0.6) is 0 Å². The minimum atomic E-state index is -0.904. The van der Waals surface area contributed by atoms with Gasteiger partial charge in [0.05, 0.1) is 5.56 Å². The summed E-state index contributed by atoms with van der Waals surface area (Å²) in [5, 5.41) is 8.86. The molecule has 0 aliphatic heterocycles. The van der Waals surface area contributed by atoms with Gasteiger partial charge in [-0.25, -0.2) is 4.79 Å². The highest BCUT2D eigenvalue weighted by Crippen LogP contribution is 2.27. The number of hydrogen-bond acceptors (Lipinski definition) is 1. The summed E-state index contributed by atoms with van der Waals surface area (Å²) in [6, 6.07) is 5.16. The minimum absolute atomic E-state index is 0.000552. The highest BCUT2D eigenvalue weighted by molar-refractivity contribution is 5.88. The average Bonchev–Trinajstić information content (AvgIpc) is 2.15. The zero-order valence-electron chi connectivity index (χ0n) is 9.37. The number of aromatic carboxylic acids is 1. The maximum atomic E-state index is 10.8. The maximum absolute atomic E-state index is 10.8. The van der Waals surface area contributed by atoms with E-state index in [-0.39, 0.29) is 5.41 Å². The summed E-state index contributed by atoms with van der Waals surface area (Å²) in [6.45, 7) is 9.99. The van der Waals surface area contributed by atoms with E-state index >= 15 is 0 Å². The van der Waals surface area contributed by atoms with Gasteiger partial charge < -0.3 is 5.11 Å². The van der Waals surface area contributed by atoms with Crippen molar-refractivity contribution in [1.82, 2.24) is 0 Å². The summed E-state index contributed by atoms with van der Waals surface area (Å²) >= 11 is 0. The molecule has 80 valence electrons. The first kappa shape index (κ1) is 11.5. The van der Waals surface area contributed by atoms with E-state index < -0.39 is 5.97 Å². The summed E-state index contributed by atoms with van der Waals surface area (Å²) in [4.78, 5) is 10.8. The van der Waals surface area contributed by atoms with Crippen LogP contribution in [-0.4, -0.2) is 11.1 Å². The zero-order chi connectivity index (χ0) is 11.6. The Morgan fingerprint density at radius 2 is 2.00 bits per heavy atom. The van der Waals surface area contributed by atoms with Gasteiger partial charge in [-0.3, -0.25) is 0 Å². The van der Waals surface area contributed by atoms with Crippen molar-refractivity contribution >= 4 is 12.0 Å². The molecule has 0 bridgehead atoms. The Kier molecular flexibility index (Phi) is 2.98. The van der Waals surface area contributed by atoms with Crippen molar-refractivity contribution in [1.29, 1.82) is 0 Å². The highest BCUT2D eigenvalue weighted by Gasteiger charge is 2.17. The molecule has 1 rings (SSSR count). The van der Waals surface area contributed by atoms with Crippen LogP contribution in [0.1, 0.15) is 42.3 Å². The van der Waals surface area contributed by atoms with Gasteiger partial charge in [0.15, 0.2) is 0 Å². The second-order valence-electron chi connectivity index (χ2n) is 4.56. The van der Waals surface area contributed by atoms with Gasteiger partial charge in [-0.2, -0.15) is 0 Å². The maximum Gasteiger partial charge on any atom is 0.335 e. The third kappa shape index (κ3) is 2.46. The third-order valence-corrected chi connectivity index (χ3v) is 2.33. The lowest BCUT2D eigenvalue weighted by Gasteiger charge is -2.21. The highest BCUT2D eigenvalue weighted by atomic mass is 16.4. The molecule has 0 amide bonds. The van der Waals surface area contributed by atoms with Crippen LogP contribution in [-0.2, 0) is 5.41 Å². The van der Waals surface area contributed by atoms with E-state index in [1.165, 1.54) is 0 Å². The molecule has 0 heterocycles. The summed E-state index contributed by atoms with van der Waals surface area (Å²) < 4.78 is 0. The molecule has 0 radical (unpaired) electrons. The molecule has 0 spiro atoms. The summed E-state index contributed by atoms with van der Waals surface area (Å²) in [5.41, 5.74) is 2.31. The molecule has 0 aromatic heterocycles. The van der Waals surface area contributed by atoms with Gasteiger partial charge in [-0.05, 0) is 28.7 Å². The molecule has 1 N–H and O–H groups in total. The second kappa shape index (κ2) is 3.89. The smallest absolute Gasteiger partial charge is 0.335 e. The lowest BCUT2D eigenvalue weighted by atomic mass is 9.83. The lowest BCUT2D eigenvalue weighted by Crippen LogP contribution is -2.13. The van der Waals surface area contributed by atoms with Crippen LogP contribution in [0.4, 0.5) is 0 Å². The second-order valence-corrected chi connectivity index (χ2v) is 4.56. The molecule has 0 aliphatic carbocycles. The van der Waals surface area contributed by atoms with Crippen molar-refractivity contribution in [2.75, 3.05) is 0 Å². The summed E-state index contributed by atoms with van der Waals surface area (Å²) in [5.74, 6) is -0.904. The Bertz CT molecular complexity index is 397. The molecule has 0 unspecified atom stereocenters. The molecule has 0 saturated heterocycles. The first-order valence-corrected chi connectivity index (χ1v) is 4.86. The van der Waals surface area contributed by atoms with E-state index in [0.717, 1.165) is 11.1 Å². The molecule has 0 fully saturated rings. The Hall–Kier alpha value is -1.57. The van der Waals surface area contributed by atoms with Crippen LogP contribution >= 0.6 is 0 Å². The predicted octanol–water partition coefficient (Wildman–Crippen LogP) is 3.33. The molecular weight excluding hydrogens is 188 g/mol.